The molecule has 1 aromatic heterocycles. The van der Waals surface area contributed by atoms with Crippen LogP contribution in [0.2, 0.25) is 0 Å². The standard InChI is InChI=1S/C20H18N2/c1-2-8-16(9-3-1)19-14-13-17-10-4-5-11-18(17)22(19)20-12-6-7-15-21-20/h1-12,15,19H,13-14H2. The van der Waals surface area contributed by atoms with Gasteiger partial charge in [0, 0.05) is 11.9 Å². The maximum Gasteiger partial charge on any atom is 0.133 e. The van der Waals surface area contributed by atoms with Gasteiger partial charge in [0.1, 0.15) is 5.82 Å². The average molecular weight is 286 g/mol. The predicted octanol–water partition coefficient (Wildman–Crippen LogP) is 4.91. The van der Waals surface area contributed by atoms with E-state index in [0.717, 1.165) is 18.7 Å². The molecule has 2 nitrogen and oxygen atoms in total. The van der Waals surface area contributed by atoms with Crippen molar-refractivity contribution in [2.24, 2.45) is 0 Å². The summed E-state index contributed by atoms with van der Waals surface area (Å²) >= 11 is 0. The Balaban J connectivity index is 1.86. The number of aryl methyl sites for hydroxylation is 1. The van der Waals surface area contributed by atoms with Gasteiger partial charge in [0.25, 0.3) is 0 Å². The van der Waals surface area contributed by atoms with Crippen molar-refractivity contribution in [2.75, 3.05) is 4.90 Å². The molecule has 0 bridgehead atoms. The number of benzene rings is 2. The van der Waals surface area contributed by atoms with Gasteiger partial charge < -0.3 is 4.90 Å². The Hall–Kier alpha value is -2.61. The van der Waals surface area contributed by atoms with Crippen LogP contribution in [0.5, 0.6) is 0 Å². The fourth-order valence-electron chi connectivity index (χ4n) is 3.32. The van der Waals surface area contributed by atoms with Crippen molar-refractivity contribution in [1.82, 2.24) is 4.98 Å². The zero-order valence-electron chi connectivity index (χ0n) is 12.4. The summed E-state index contributed by atoms with van der Waals surface area (Å²) in [4.78, 5) is 6.99. The molecular formula is C20H18N2. The highest BCUT2D eigenvalue weighted by atomic mass is 15.2. The van der Waals surface area contributed by atoms with Crippen LogP contribution in [0.4, 0.5) is 11.5 Å². The number of para-hydroxylation sites is 1. The molecule has 2 heteroatoms. The van der Waals surface area contributed by atoms with Crippen LogP contribution in [-0.4, -0.2) is 4.98 Å². The second kappa shape index (κ2) is 5.64. The normalized spacial score (nSPS) is 17.1. The van der Waals surface area contributed by atoms with Gasteiger partial charge in [0.15, 0.2) is 0 Å². The van der Waals surface area contributed by atoms with E-state index in [9.17, 15) is 0 Å². The number of aromatic nitrogens is 1. The Kier molecular flexibility index (Phi) is 3.36. The number of hydrogen-bond donors (Lipinski definition) is 0. The second-order valence-electron chi connectivity index (χ2n) is 5.65. The summed E-state index contributed by atoms with van der Waals surface area (Å²) in [6.45, 7) is 0. The van der Waals surface area contributed by atoms with Gasteiger partial charge >= 0.3 is 0 Å². The SMILES string of the molecule is c1ccc(C2CCc3ccccc3N2c2ccccn2)cc1. The fourth-order valence-corrected chi connectivity index (χ4v) is 3.32. The van der Waals surface area contributed by atoms with Gasteiger partial charge in [-0.05, 0) is 42.2 Å². The summed E-state index contributed by atoms with van der Waals surface area (Å²) < 4.78 is 0. The van der Waals surface area contributed by atoms with Gasteiger partial charge in [-0.25, -0.2) is 4.98 Å². The summed E-state index contributed by atoms with van der Waals surface area (Å²) in [5.74, 6) is 1.02. The molecule has 0 N–H and O–H groups in total. The van der Waals surface area contributed by atoms with Crippen LogP contribution in [-0.2, 0) is 6.42 Å². The molecular weight excluding hydrogens is 268 g/mol. The van der Waals surface area contributed by atoms with Crippen LogP contribution in [0.1, 0.15) is 23.6 Å². The lowest BCUT2D eigenvalue weighted by molar-refractivity contribution is 0.599. The first-order valence-electron chi connectivity index (χ1n) is 7.76. The maximum atomic E-state index is 4.60. The Morgan fingerprint density at radius 3 is 2.41 bits per heavy atom. The maximum absolute atomic E-state index is 4.60. The van der Waals surface area contributed by atoms with Crippen LogP contribution in [0.3, 0.4) is 0 Å². The van der Waals surface area contributed by atoms with Crippen LogP contribution in [0, 0.1) is 0 Å². The van der Waals surface area contributed by atoms with Crippen molar-refractivity contribution in [3.63, 3.8) is 0 Å². The van der Waals surface area contributed by atoms with Gasteiger partial charge in [-0.2, -0.15) is 0 Å². The van der Waals surface area contributed by atoms with Crippen LogP contribution < -0.4 is 4.90 Å². The lowest BCUT2D eigenvalue weighted by Gasteiger charge is -2.38. The highest BCUT2D eigenvalue weighted by Gasteiger charge is 2.28. The summed E-state index contributed by atoms with van der Waals surface area (Å²) in [7, 11) is 0. The molecule has 1 aliphatic rings. The molecule has 0 aliphatic carbocycles. The van der Waals surface area contributed by atoms with Crippen molar-refractivity contribution in [3.8, 4) is 0 Å². The van der Waals surface area contributed by atoms with Crippen molar-refractivity contribution in [1.29, 1.82) is 0 Å². The monoisotopic (exact) mass is 286 g/mol. The zero-order valence-corrected chi connectivity index (χ0v) is 12.4. The van der Waals surface area contributed by atoms with Crippen LogP contribution in [0.25, 0.3) is 0 Å². The molecule has 0 fully saturated rings. The number of pyridine rings is 1. The summed E-state index contributed by atoms with van der Waals surface area (Å²) in [6.07, 6.45) is 4.09. The van der Waals surface area contributed by atoms with E-state index in [1.807, 2.05) is 12.3 Å². The van der Waals surface area contributed by atoms with Gasteiger partial charge in [-0.1, -0.05) is 54.6 Å². The van der Waals surface area contributed by atoms with E-state index in [4.69, 9.17) is 0 Å². The van der Waals surface area contributed by atoms with Crippen molar-refractivity contribution < 1.29 is 0 Å². The molecule has 2 aromatic carbocycles. The Morgan fingerprint density at radius 2 is 1.59 bits per heavy atom. The van der Waals surface area contributed by atoms with E-state index in [2.05, 4.69) is 76.6 Å². The van der Waals surface area contributed by atoms with Gasteiger partial charge in [0.05, 0.1) is 6.04 Å². The smallest absolute Gasteiger partial charge is 0.133 e. The van der Waals surface area contributed by atoms with E-state index in [-0.39, 0.29) is 0 Å². The summed E-state index contributed by atoms with van der Waals surface area (Å²) in [5, 5.41) is 0. The number of hydrogen-bond acceptors (Lipinski definition) is 2. The number of rotatable bonds is 2. The summed E-state index contributed by atoms with van der Waals surface area (Å²) in [6, 6.07) is 25.9. The third-order valence-corrected chi connectivity index (χ3v) is 4.33. The molecule has 1 aliphatic heterocycles. The van der Waals surface area contributed by atoms with Crippen molar-refractivity contribution in [2.45, 2.75) is 18.9 Å². The molecule has 1 unspecified atom stereocenters. The summed E-state index contributed by atoms with van der Waals surface area (Å²) in [5.41, 5.74) is 4.03. The molecule has 0 saturated heterocycles. The molecule has 0 radical (unpaired) electrons. The molecule has 2 heterocycles. The minimum atomic E-state index is 0.339. The average Bonchev–Trinajstić information content (AvgIpc) is 2.62. The highest BCUT2D eigenvalue weighted by Crippen LogP contribution is 2.42. The Bertz CT molecular complexity index is 753. The predicted molar refractivity (Wildman–Crippen MR) is 90.3 cm³/mol. The first kappa shape index (κ1) is 13.1. The zero-order chi connectivity index (χ0) is 14.8. The van der Waals surface area contributed by atoms with E-state index in [0.29, 0.717) is 6.04 Å². The number of nitrogens with zero attached hydrogens (tertiary/aromatic N) is 2. The van der Waals surface area contributed by atoms with Crippen molar-refractivity contribution >= 4 is 11.5 Å². The molecule has 0 amide bonds. The van der Waals surface area contributed by atoms with Crippen LogP contribution >= 0.6 is 0 Å². The first-order valence-corrected chi connectivity index (χ1v) is 7.76. The minimum Gasteiger partial charge on any atom is -0.319 e. The van der Waals surface area contributed by atoms with E-state index >= 15 is 0 Å². The lowest BCUT2D eigenvalue weighted by Crippen LogP contribution is -2.29. The molecule has 1 atom stereocenters. The third kappa shape index (κ3) is 2.27. The molecule has 0 spiro atoms. The molecule has 0 saturated carbocycles. The van der Waals surface area contributed by atoms with Crippen molar-refractivity contribution in [3.05, 3.63) is 90.1 Å². The largest absolute Gasteiger partial charge is 0.319 e. The van der Waals surface area contributed by atoms with Crippen LogP contribution in [0.15, 0.2) is 79.0 Å². The Labute approximate surface area is 131 Å². The fraction of sp³-hybridized carbons (Fsp3) is 0.150. The lowest BCUT2D eigenvalue weighted by atomic mass is 9.91. The highest BCUT2D eigenvalue weighted by molar-refractivity contribution is 5.67. The quantitative estimate of drug-likeness (QED) is 0.665. The third-order valence-electron chi connectivity index (χ3n) is 4.33. The van der Waals surface area contributed by atoms with E-state index < -0.39 is 0 Å². The molecule has 108 valence electrons. The molecule has 3 aromatic rings. The van der Waals surface area contributed by atoms with E-state index in [1.165, 1.54) is 16.8 Å². The Morgan fingerprint density at radius 1 is 0.818 bits per heavy atom. The first-order chi connectivity index (χ1) is 10.9. The second-order valence-corrected chi connectivity index (χ2v) is 5.65. The minimum absolute atomic E-state index is 0.339. The van der Waals surface area contributed by atoms with Gasteiger partial charge in [-0.15, -0.1) is 0 Å². The van der Waals surface area contributed by atoms with Gasteiger partial charge in [0.2, 0.25) is 0 Å². The molecule has 22 heavy (non-hydrogen) atoms. The van der Waals surface area contributed by atoms with Gasteiger partial charge in [-0.3, -0.25) is 0 Å². The van der Waals surface area contributed by atoms with E-state index in [1.54, 1.807) is 0 Å². The number of fused-ring (bicyclic) bond motifs is 1. The topological polar surface area (TPSA) is 16.1 Å². The molecule has 4 rings (SSSR count). The number of anilines is 2.